The highest BCUT2D eigenvalue weighted by molar-refractivity contribution is 5.79. The van der Waals surface area contributed by atoms with Gasteiger partial charge in [0.25, 0.3) is 5.56 Å². The molecule has 0 fully saturated rings. The molecule has 0 atom stereocenters. The maximum absolute atomic E-state index is 13.2. The highest BCUT2D eigenvalue weighted by Gasteiger charge is 2.15. The second-order valence-corrected chi connectivity index (χ2v) is 6.06. The van der Waals surface area contributed by atoms with Gasteiger partial charge in [-0.05, 0) is 29.8 Å². The third-order valence-corrected chi connectivity index (χ3v) is 4.33. The van der Waals surface area contributed by atoms with E-state index in [1.807, 2.05) is 48.5 Å². The van der Waals surface area contributed by atoms with Crippen LogP contribution < -0.4 is 10.9 Å². The molecule has 0 aliphatic carbocycles. The molecule has 0 bridgehead atoms. The Labute approximate surface area is 156 Å². The van der Waals surface area contributed by atoms with Gasteiger partial charge in [0.2, 0.25) is 5.95 Å². The standard InChI is InChI=1S/C22H16N4O/c23-14-17-10-4-7-13-20(17)26-21(27)18-11-5-6-12-19(18)25-22(26)24-15-16-8-2-1-3-9-16/h1-13H,15H2,(H,24,25). The summed E-state index contributed by atoms with van der Waals surface area (Å²) in [4.78, 5) is 17.8. The minimum atomic E-state index is -0.209. The van der Waals surface area contributed by atoms with Crippen LogP contribution >= 0.6 is 0 Å². The monoisotopic (exact) mass is 352 g/mol. The van der Waals surface area contributed by atoms with Crippen LogP contribution in [0.5, 0.6) is 0 Å². The second kappa shape index (κ2) is 7.14. The third-order valence-electron chi connectivity index (χ3n) is 4.33. The number of nitrogens with zero attached hydrogens (tertiary/aromatic N) is 3. The number of anilines is 1. The first-order valence-corrected chi connectivity index (χ1v) is 8.57. The first-order valence-electron chi connectivity index (χ1n) is 8.57. The molecule has 0 aliphatic rings. The Bertz CT molecular complexity index is 1210. The normalized spacial score (nSPS) is 10.5. The third kappa shape index (κ3) is 3.16. The maximum atomic E-state index is 13.2. The van der Waals surface area contributed by atoms with E-state index in [2.05, 4.69) is 16.4 Å². The van der Waals surface area contributed by atoms with E-state index in [9.17, 15) is 10.1 Å². The molecule has 0 unspecified atom stereocenters. The van der Waals surface area contributed by atoms with E-state index < -0.39 is 0 Å². The molecule has 0 amide bonds. The topological polar surface area (TPSA) is 70.7 Å². The van der Waals surface area contributed by atoms with Gasteiger partial charge in [0.1, 0.15) is 6.07 Å². The summed E-state index contributed by atoms with van der Waals surface area (Å²) in [6.45, 7) is 0.514. The van der Waals surface area contributed by atoms with E-state index in [0.29, 0.717) is 34.6 Å². The van der Waals surface area contributed by atoms with Gasteiger partial charge in [-0.3, -0.25) is 4.79 Å². The lowest BCUT2D eigenvalue weighted by Gasteiger charge is -2.16. The van der Waals surface area contributed by atoms with Crippen molar-refractivity contribution in [2.45, 2.75) is 6.54 Å². The maximum Gasteiger partial charge on any atom is 0.267 e. The number of benzene rings is 3. The van der Waals surface area contributed by atoms with Crippen molar-refractivity contribution in [2.24, 2.45) is 0 Å². The van der Waals surface area contributed by atoms with Gasteiger partial charge in [0.05, 0.1) is 22.2 Å². The highest BCUT2D eigenvalue weighted by atomic mass is 16.1. The van der Waals surface area contributed by atoms with Crippen molar-refractivity contribution in [1.29, 1.82) is 5.26 Å². The van der Waals surface area contributed by atoms with Crippen molar-refractivity contribution in [3.8, 4) is 11.8 Å². The van der Waals surface area contributed by atoms with E-state index in [-0.39, 0.29) is 5.56 Å². The Balaban J connectivity index is 1.91. The molecule has 0 radical (unpaired) electrons. The zero-order chi connectivity index (χ0) is 18.6. The van der Waals surface area contributed by atoms with Crippen LogP contribution in [0.3, 0.4) is 0 Å². The van der Waals surface area contributed by atoms with Crippen LogP contribution in [0.15, 0.2) is 83.7 Å². The quantitative estimate of drug-likeness (QED) is 0.605. The number of nitrogens with one attached hydrogen (secondary N) is 1. The Hall–Kier alpha value is -3.91. The van der Waals surface area contributed by atoms with Crippen molar-refractivity contribution < 1.29 is 0 Å². The number of para-hydroxylation sites is 2. The van der Waals surface area contributed by atoms with Crippen LogP contribution in [0.25, 0.3) is 16.6 Å². The summed E-state index contributed by atoms with van der Waals surface area (Å²) in [7, 11) is 0. The van der Waals surface area contributed by atoms with Crippen LogP contribution in [0.1, 0.15) is 11.1 Å². The summed E-state index contributed by atoms with van der Waals surface area (Å²) in [6.07, 6.45) is 0. The summed E-state index contributed by atoms with van der Waals surface area (Å²) >= 11 is 0. The number of hydrogen-bond acceptors (Lipinski definition) is 4. The molecular weight excluding hydrogens is 336 g/mol. The molecule has 0 aliphatic heterocycles. The van der Waals surface area contributed by atoms with Gasteiger partial charge in [-0.25, -0.2) is 9.55 Å². The molecular formula is C22H16N4O. The molecule has 4 rings (SSSR count). The van der Waals surface area contributed by atoms with Crippen molar-refractivity contribution in [3.63, 3.8) is 0 Å². The van der Waals surface area contributed by atoms with Crippen LogP contribution in [-0.4, -0.2) is 9.55 Å². The summed E-state index contributed by atoms with van der Waals surface area (Å²) in [5, 5.41) is 13.2. The predicted molar refractivity (Wildman–Crippen MR) is 106 cm³/mol. The minimum absolute atomic E-state index is 0.209. The minimum Gasteiger partial charge on any atom is -0.351 e. The fourth-order valence-electron chi connectivity index (χ4n) is 3.01. The molecule has 27 heavy (non-hydrogen) atoms. The van der Waals surface area contributed by atoms with E-state index in [1.54, 1.807) is 30.3 Å². The number of fused-ring (bicyclic) bond motifs is 1. The summed E-state index contributed by atoms with van der Waals surface area (Å²) in [6, 6.07) is 26.3. The fraction of sp³-hybridized carbons (Fsp3) is 0.0455. The number of nitriles is 1. The molecule has 3 aromatic carbocycles. The fourth-order valence-corrected chi connectivity index (χ4v) is 3.01. The second-order valence-electron chi connectivity index (χ2n) is 6.06. The molecule has 4 aromatic rings. The van der Waals surface area contributed by atoms with Gasteiger partial charge in [-0.2, -0.15) is 5.26 Å². The highest BCUT2D eigenvalue weighted by Crippen LogP contribution is 2.19. The van der Waals surface area contributed by atoms with Crippen LogP contribution in [0.4, 0.5) is 5.95 Å². The van der Waals surface area contributed by atoms with Crippen molar-refractivity contribution >= 4 is 16.9 Å². The number of rotatable bonds is 4. The van der Waals surface area contributed by atoms with Gasteiger partial charge >= 0.3 is 0 Å². The first kappa shape index (κ1) is 16.6. The van der Waals surface area contributed by atoms with Crippen molar-refractivity contribution in [3.05, 3.63) is 100 Å². The molecule has 130 valence electrons. The zero-order valence-electron chi connectivity index (χ0n) is 14.5. The lowest BCUT2D eigenvalue weighted by atomic mass is 10.2. The zero-order valence-corrected chi connectivity index (χ0v) is 14.5. The lowest BCUT2D eigenvalue weighted by Crippen LogP contribution is -2.24. The van der Waals surface area contributed by atoms with Gasteiger partial charge in [-0.1, -0.05) is 54.6 Å². The largest absolute Gasteiger partial charge is 0.351 e. The van der Waals surface area contributed by atoms with Crippen LogP contribution in [-0.2, 0) is 6.54 Å². The van der Waals surface area contributed by atoms with Crippen LogP contribution in [0, 0.1) is 11.3 Å². The van der Waals surface area contributed by atoms with Gasteiger partial charge in [0.15, 0.2) is 0 Å². The molecule has 1 heterocycles. The van der Waals surface area contributed by atoms with E-state index in [1.165, 1.54) is 4.57 Å². The van der Waals surface area contributed by atoms with Gasteiger partial charge < -0.3 is 5.32 Å². The summed E-state index contributed by atoms with van der Waals surface area (Å²) in [5.41, 5.74) is 2.40. The molecule has 5 heteroatoms. The van der Waals surface area contributed by atoms with Crippen molar-refractivity contribution in [1.82, 2.24) is 9.55 Å². The Morgan fingerprint density at radius 2 is 1.63 bits per heavy atom. The molecule has 1 N–H and O–H groups in total. The molecule has 1 aromatic heterocycles. The van der Waals surface area contributed by atoms with E-state index in [0.717, 1.165) is 5.56 Å². The average molecular weight is 352 g/mol. The number of aromatic nitrogens is 2. The Kier molecular flexibility index (Phi) is 4.38. The average Bonchev–Trinajstić information content (AvgIpc) is 2.73. The van der Waals surface area contributed by atoms with Gasteiger partial charge in [-0.15, -0.1) is 0 Å². The smallest absolute Gasteiger partial charge is 0.267 e. The predicted octanol–water partition coefficient (Wildman–Crippen LogP) is 3.87. The van der Waals surface area contributed by atoms with Crippen LogP contribution in [0.2, 0.25) is 0 Å². The van der Waals surface area contributed by atoms with E-state index >= 15 is 0 Å². The van der Waals surface area contributed by atoms with E-state index in [4.69, 9.17) is 0 Å². The molecule has 0 saturated carbocycles. The summed E-state index contributed by atoms with van der Waals surface area (Å²) < 4.78 is 1.48. The van der Waals surface area contributed by atoms with Crippen molar-refractivity contribution in [2.75, 3.05) is 5.32 Å². The van der Waals surface area contributed by atoms with Gasteiger partial charge in [0, 0.05) is 6.54 Å². The SMILES string of the molecule is N#Cc1ccccc1-n1c(NCc2ccccc2)nc2ccccc2c1=O. The molecule has 0 spiro atoms. The first-order chi connectivity index (χ1) is 13.3. The number of hydrogen-bond donors (Lipinski definition) is 1. The molecule has 0 saturated heterocycles. The lowest BCUT2D eigenvalue weighted by molar-refractivity contribution is 0.935. The summed E-state index contributed by atoms with van der Waals surface area (Å²) in [5.74, 6) is 0.408. The molecule has 5 nitrogen and oxygen atoms in total. The Morgan fingerprint density at radius 3 is 2.44 bits per heavy atom. The Morgan fingerprint density at radius 1 is 0.926 bits per heavy atom.